The van der Waals surface area contributed by atoms with Gasteiger partial charge in [0.1, 0.15) is 0 Å². The third kappa shape index (κ3) is 5.74. The Morgan fingerprint density at radius 2 is 2.00 bits per heavy atom. The van der Waals surface area contributed by atoms with E-state index in [9.17, 15) is 8.42 Å². The van der Waals surface area contributed by atoms with Crippen molar-refractivity contribution >= 4 is 10.2 Å². The molecular formula is C12H27N3O3S. The zero-order valence-corrected chi connectivity index (χ0v) is 13.0. The summed E-state index contributed by atoms with van der Waals surface area (Å²) in [5.74, 6) is 0.587. The number of hydrogen-bond acceptors (Lipinski definition) is 4. The van der Waals surface area contributed by atoms with Gasteiger partial charge < -0.3 is 10.1 Å². The topological polar surface area (TPSA) is 70.7 Å². The van der Waals surface area contributed by atoms with Crippen LogP contribution in [0.4, 0.5) is 0 Å². The second kappa shape index (κ2) is 8.16. The molecule has 0 bridgehead atoms. The predicted molar refractivity (Wildman–Crippen MR) is 76.2 cm³/mol. The Morgan fingerprint density at radius 3 is 2.53 bits per heavy atom. The standard InChI is InChI=1S/C12H27N3O3S/c1-4-13-10-12-5-7-15(8-6-12)19(16,17)14-9-11(2)18-3/h11-14H,4-10H2,1-3H3. The lowest BCUT2D eigenvalue weighted by Gasteiger charge is -2.31. The van der Waals surface area contributed by atoms with Crippen LogP contribution in [0.2, 0.25) is 0 Å². The smallest absolute Gasteiger partial charge is 0.279 e. The van der Waals surface area contributed by atoms with Crippen LogP contribution in [0, 0.1) is 5.92 Å². The number of nitrogens with one attached hydrogen (secondary N) is 2. The van der Waals surface area contributed by atoms with Crippen LogP contribution >= 0.6 is 0 Å². The molecule has 1 heterocycles. The van der Waals surface area contributed by atoms with Gasteiger partial charge in [-0.15, -0.1) is 0 Å². The van der Waals surface area contributed by atoms with E-state index in [2.05, 4.69) is 17.0 Å². The molecule has 1 aliphatic rings. The Kier molecular flexibility index (Phi) is 7.23. The predicted octanol–water partition coefficient (Wildman–Crippen LogP) is 0.177. The van der Waals surface area contributed by atoms with Crippen LogP contribution in [0.5, 0.6) is 0 Å². The molecular weight excluding hydrogens is 266 g/mol. The molecule has 0 amide bonds. The number of hydrogen-bond donors (Lipinski definition) is 2. The summed E-state index contributed by atoms with van der Waals surface area (Å²) in [6.07, 6.45) is 1.74. The summed E-state index contributed by atoms with van der Waals surface area (Å²) in [5.41, 5.74) is 0. The van der Waals surface area contributed by atoms with Gasteiger partial charge in [-0.1, -0.05) is 6.92 Å². The molecule has 1 aliphatic heterocycles. The zero-order chi connectivity index (χ0) is 14.3. The first-order valence-electron chi connectivity index (χ1n) is 6.97. The van der Waals surface area contributed by atoms with Gasteiger partial charge in [-0.3, -0.25) is 0 Å². The summed E-state index contributed by atoms with van der Waals surface area (Å²) in [5, 5.41) is 3.32. The molecule has 0 aromatic heterocycles. The molecule has 0 saturated carbocycles. The monoisotopic (exact) mass is 293 g/mol. The lowest BCUT2D eigenvalue weighted by Crippen LogP contribution is -2.47. The van der Waals surface area contributed by atoms with Gasteiger partial charge in [0.05, 0.1) is 6.10 Å². The zero-order valence-electron chi connectivity index (χ0n) is 12.2. The first-order valence-corrected chi connectivity index (χ1v) is 8.41. The Hall–Kier alpha value is -0.210. The fourth-order valence-electron chi connectivity index (χ4n) is 2.10. The van der Waals surface area contributed by atoms with E-state index in [4.69, 9.17) is 4.74 Å². The van der Waals surface area contributed by atoms with Crippen LogP contribution in [-0.2, 0) is 14.9 Å². The van der Waals surface area contributed by atoms with E-state index >= 15 is 0 Å². The van der Waals surface area contributed by atoms with Crippen molar-refractivity contribution in [3.8, 4) is 0 Å². The van der Waals surface area contributed by atoms with Gasteiger partial charge in [-0.05, 0) is 38.8 Å². The van der Waals surface area contributed by atoms with Crippen LogP contribution in [0.1, 0.15) is 26.7 Å². The normalized spacial score (nSPS) is 20.6. The first-order chi connectivity index (χ1) is 8.99. The highest BCUT2D eigenvalue weighted by Crippen LogP contribution is 2.18. The maximum Gasteiger partial charge on any atom is 0.279 e. The highest BCUT2D eigenvalue weighted by Gasteiger charge is 2.27. The second-order valence-electron chi connectivity index (χ2n) is 5.05. The molecule has 1 fully saturated rings. The van der Waals surface area contributed by atoms with Crippen molar-refractivity contribution in [2.75, 3.05) is 39.8 Å². The highest BCUT2D eigenvalue weighted by atomic mass is 32.2. The van der Waals surface area contributed by atoms with Crippen molar-refractivity contribution < 1.29 is 13.2 Å². The number of piperidine rings is 1. The fourth-order valence-corrected chi connectivity index (χ4v) is 3.42. The lowest BCUT2D eigenvalue weighted by atomic mass is 9.98. The molecule has 1 rings (SSSR count). The van der Waals surface area contributed by atoms with E-state index in [-0.39, 0.29) is 6.10 Å². The minimum Gasteiger partial charge on any atom is -0.380 e. The molecule has 1 saturated heterocycles. The van der Waals surface area contributed by atoms with Crippen LogP contribution < -0.4 is 10.0 Å². The van der Waals surface area contributed by atoms with Crippen molar-refractivity contribution in [1.29, 1.82) is 0 Å². The average molecular weight is 293 g/mol. The van der Waals surface area contributed by atoms with E-state index in [0.29, 0.717) is 25.6 Å². The van der Waals surface area contributed by atoms with E-state index in [0.717, 1.165) is 25.9 Å². The molecule has 0 radical (unpaired) electrons. The van der Waals surface area contributed by atoms with Gasteiger partial charge >= 0.3 is 0 Å². The van der Waals surface area contributed by atoms with Crippen LogP contribution in [-0.4, -0.2) is 58.7 Å². The second-order valence-corrected chi connectivity index (χ2v) is 6.81. The number of nitrogens with zero attached hydrogens (tertiary/aromatic N) is 1. The van der Waals surface area contributed by atoms with Crippen LogP contribution in [0.25, 0.3) is 0 Å². The summed E-state index contributed by atoms with van der Waals surface area (Å²) in [6, 6.07) is 0. The first kappa shape index (κ1) is 16.8. The van der Waals surface area contributed by atoms with E-state index < -0.39 is 10.2 Å². The Morgan fingerprint density at radius 1 is 1.37 bits per heavy atom. The summed E-state index contributed by atoms with van der Waals surface area (Å²) < 4.78 is 33.3. The summed E-state index contributed by atoms with van der Waals surface area (Å²) >= 11 is 0. The molecule has 0 aliphatic carbocycles. The molecule has 0 aromatic rings. The van der Waals surface area contributed by atoms with Crippen molar-refractivity contribution in [2.24, 2.45) is 5.92 Å². The highest BCUT2D eigenvalue weighted by molar-refractivity contribution is 7.87. The van der Waals surface area contributed by atoms with Crippen molar-refractivity contribution in [2.45, 2.75) is 32.8 Å². The number of rotatable bonds is 8. The number of ether oxygens (including phenoxy) is 1. The molecule has 7 heteroatoms. The lowest BCUT2D eigenvalue weighted by molar-refractivity contribution is 0.121. The van der Waals surface area contributed by atoms with E-state index in [1.807, 2.05) is 6.92 Å². The molecule has 2 N–H and O–H groups in total. The number of methoxy groups -OCH3 is 1. The van der Waals surface area contributed by atoms with Gasteiger partial charge in [0.15, 0.2) is 0 Å². The van der Waals surface area contributed by atoms with Gasteiger partial charge in [-0.25, -0.2) is 0 Å². The molecule has 6 nitrogen and oxygen atoms in total. The van der Waals surface area contributed by atoms with Gasteiger partial charge in [-0.2, -0.15) is 17.4 Å². The fraction of sp³-hybridized carbons (Fsp3) is 1.00. The molecule has 0 aromatic carbocycles. The van der Waals surface area contributed by atoms with Crippen molar-refractivity contribution in [3.05, 3.63) is 0 Å². The third-order valence-electron chi connectivity index (χ3n) is 3.55. The van der Waals surface area contributed by atoms with E-state index in [1.165, 1.54) is 4.31 Å². The Bertz CT molecular complexity index is 340. The maximum absolute atomic E-state index is 12.1. The van der Waals surface area contributed by atoms with Crippen molar-refractivity contribution in [1.82, 2.24) is 14.3 Å². The summed E-state index contributed by atoms with van der Waals surface area (Å²) in [6.45, 7) is 7.40. The summed E-state index contributed by atoms with van der Waals surface area (Å²) in [4.78, 5) is 0. The Balaban J connectivity index is 2.36. The average Bonchev–Trinajstić information content (AvgIpc) is 2.43. The molecule has 1 atom stereocenters. The Labute approximate surface area is 117 Å². The minimum absolute atomic E-state index is 0.110. The van der Waals surface area contributed by atoms with Gasteiger partial charge in [0, 0.05) is 26.7 Å². The molecule has 19 heavy (non-hydrogen) atoms. The maximum atomic E-state index is 12.1. The molecule has 0 spiro atoms. The van der Waals surface area contributed by atoms with Gasteiger partial charge in [0.25, 0.3) is 10.2 Å². The largest absolute Gasteiger partial charge is 0.380 e. The summed E-state index contributed by atoms with van der Waals surface area (Å²) in [7, 11) is -1.77. The van der Waals surface area contributed by atoms with Crippen LogP contribution in [0.3, 0.4) is 0 Å². The SMILES string of the molecule is CCNCC1CCN(S(=O)(=O)NCC(C)OC)CC1. The van der Waals surface area contributed by atoms with Crippen LogP contribution in [0.15, 0.2) is 0 Å². The van der Waals surface area contributed by atoms with E-state index in [1.54, 1.807) is 7.11 Å². The molecule has 114 valence electrons. The third-order valence-corrected chi connectivity index (χ3v) is 5.13. The van der Waals surface area contributed by atoms with Crippen molar-refractivity contribution in [3.63, 3.8) is 0 Å². The molecule has 1 unspecified atom stereocenters. The minimum atomic E-state index is -3.35. The van der Waals surface area contributed by atoms with Gasteiger partial charge in [0.2, 0.25) is 0 Å². The quantitative estimate of drug-likeness (QED) is 0.670.